The molecule has 1 amide bonds. The number of hydrogen-bond donors (Lipinski definition) is 3. The summed E-state index contributed by atoms with van der Waals surface area (Å²) in [6, 6.07) is 1.81. The van der Waals surface area contributed by atoms with Gasteiger partial charge >= 0.3 is 17.1 Å². The van der Waals surface area contributed by atoms with Crippen molar-refractivity contribution in [1.82, 2.24) is 14.9 Å². The molecule has 3 rings (SSSR count). The number of nitrogens with one attached hydrogen (secondary N) is 2. The van der Waals surface area contributed by atoms with Gasteiger partial charge in [-0.3, -0.25) is 4.79 Å². The summed E-state index contributed by atoms with van der Waals surface area (Å²) in [5.41, 5.74) is -0.276. The fourth-order valence-electron chi connectivity index (χ4n) is 2.41. The Morgan fingerprint density at radius 3 is 2.86 bits per heavy atom. The zero-order chi connectivity index (χ0) is 16.0. The molecule has 1 saturated carbocycles. The van der Waals surface area contributed by atoms with Gasteiger partial charge in [-0.1, -0.05) is 18.4 Å². The number of nitrogens with zero attached hydrogens (tertiary/aromatic N) is 2. The Morgan fingerprint density at radius 2 is 2.27 bits per heavy atom. The van der Waals surface area contributed by atoms with Crippen molar-refractivity contribution in [1.29, 1.82) is 0 Å². The Bertz CT molecular complexity index is 805. The summed E-state index contributed by atoms with van der Waals surface area (Å²) < 4.78 is 3.45. The van der Waals surface area contributed by atoms with E-state index < -0.39 is 11.5 Å². The fraction of sp³-hybridized carbons (Fsp3) is 0.500. The quantitative estimate of drug-likeness (QED) is 0.700. The summed E-state index contributed by atoms with van der Waals surface area (Å²) in [5, 5.41) is 16.1. The van der Waals surface area contributed by atoms with Gasteiger partial charge in [-0.05, 0) is 34.7 Å². The Hall–Kier alpha value is -1.83. The third kappa shape index (κ3) is 2.63. The summed E-state index contributed by atoms with van der Waals surface area (Å²) in [4.78, 5) is 24.8. The van der Waals surface area contributed by atoms with E-state index in [0.717, 1.165) is 12.8 Å². The predicted octanol–water partition coefficient (Wildman–Crippen LogP) is 0.931. The molecule has 3 N–H and O–H groups in total. The molecule has 0 bridgehead atoms. The summed E-state index contributed by atoms with van der Waals surface area (Å²) in [7, 11) is 0. The van der Waals surface area contributed by atoms with Crippen LogP contribution in [0.5, 0.6) is 5.88 Å². The summed E-state index contributed by atoms with van der Waals surface area (Å²) >= 11 is 3.28. The summed E-state index contributed by atoms with van der Waals surface area (Å²) in [6.07, 6.45) is 1.83. The Kier molecular flexibility index (Phi) is 3.72. The van der Waals surface area contributed by atoms with Crippen LogP contribution in [0, 0.1) is 5.92 Å². The van der Waals surface area contributed by atoms with Gasteiger partial charge in [0.2, 0.25) is 5.56 Å². The van der Waals surface area contributed by atoms with Gasteiger partial charge in [-0.15, -0.1) is 0 Å². The number of amides is 1. The molecule has 1 aliphatic carbocycles. The highest BCUT2D eigenvalue weighted by atomic mass is 79.9. The second-order valence-corrected chi connectivity index (χ2v) is 6.91. The molecule has 0 saturated heterocycles. The van der Waals surface area contributed by atoms with Gasteiger partial charge in [0.15, 0.2) is 0 Å². The number of carbonyl (C=O) groups is 1. The van der Waals surface area contributed by atoms with Gasteiger partial charge in [0.1, 0.15) is 4.60 Å². The fourth-order valence-corrected chi connectivity index (χ4v) is 2.79. The van der Waals surface area contributed by atoms with Crippen molar-refractivity contribution < 1.29 is 14.5 Å². The van der Waals surface area contributed by atoms with Gasteiger partial charge in [0.05, 0.1) is 12.6 Å². The smallest absolute Gasteiger partial charge is 0.378 e. The highest BCUT2D eigenvalue weighted by molar-refractivity contribution is 9.10. The number of aromatic hydroxyl groups is 1. The second kappa shape index (κ2) is 5.42. The summed E-state index contributed by atoms with van der Waals surface area (Å²) in [6.45, 7) is 4.49. The molecule has 118 valence electrons. The van der Waals surface area contributed by atoms with E-state index in [1.165, 1.54) is 4.52 Å². The SMILES string of the molecule is CC(C)C[n+]1c(O)c(C(=O)NC2CC2)c(=O)n2[nH]c(Br)cc21. The van der Waals surface area contributed by atoms with Crippen LogP contribution in [0.1, 0.15) is 37.0 Å². The third-order valence-corrected chi connectivity index (χ3v) is 3.97. The number of H-pyrrole nitrogens is 1. The van der Waals surface area contributed by atoms with Crippen LogP contribution in [0.2, 0.25) is 0 Å². The van der Waals surface area contributed by atoms with Crippen molar-refractivity contribution in [2.75, 3.05) is 0 Å². The standard InChI is InChI=1S/C14H17BrN4O3/c1-7(2)6-18-10-5-9(15)17-19(10)14(22)11(13(18)21)12(20)16-8-3-4-8/h5,7-8H,3-4,6H2,1-2H3,(H2,16,20,21,22)/p+1. The van der Waals surface area contributed by atoms with Crippen LogP contribution in [0.15, 0.2) is 15.5 Å². The van der Waals surface area contributed by atoms with Crippen molar-refractivity contribution in [2.45, 2.75) is 39.3 Å². The molecule has 2 heterocycles. The molecule has 0 aromatic carbocycles. The van der Waals surface area contributed by atoms with Crippen molar-refractivity contribution in [3.63, 3.8) is 0 Å². The van der Waals surface area contributed by atoms with E-state index in [1.54, 1.807) is 10.6 Å². The molecule has 0 atom stereocenters. The molecule has 7 nitrogen and oxygen atoms in total. The van der Waals surface area contributed by atoms with Gasteiger partial charge < -0.3 is 10.4 Å². The lowest BCUT2D eigenvalue weighted by molar-refractivity contribution is -0.686. The number of hydrogen-bond acceptors (Lipinski definition) is 3. The lowest BCUT2D eigenvalue weighted by Crippen LogP contribution is -2.45. The molecule has 0 unspecified atom stereocenters. The third-order valence-electron chi connectivity index (χ3n) is 3.56. The van der Waals surface area contributed by atoms with E-state index in [0.29, 0.717) is 16.8 Å². The van der Waals surface area contributed by atoms with E-state index in [2.05, 4.69) is 26.3 Å². The molecule has 1 aliphatic rings. The number of aromatic nitrogens is 3. The lowest BCUT2D eigenvalue weighted by Gasteiger charge is -2.09. The van der Waals surface area contributed by atoms with Gasteiger partial charge in [0.25, 0.3) is 5.91 Å². The average Bonchev–Trinajstić information content (AvgIpc) is 3.14. The largest absolute Gasteiger partial charge is 0.477 e. The zero-order valence-corrected chi connectivity index (χ0v) is 14.0. The maximum atomic E-state index is 12.5. The van der Waals surface area contributed by atoms with Crippen LogP contribution in [-0.4, -0.2) is 26.7 Å². The molecule has 2 aromatic rings. The van der Waals surface area contributed by atoms with E-state index in [1.807, 2.05) is 13.8 Å². The number of fused-ring (bicyclic) bond motifs is 1. The first-order valence-electron chi connectivity index (χ1n) is 7.25. The summed E-state index contributed by atoms with van der Waals surface area (Å²) in [5.74, 6) is -0.573. The van der Waals surface area contributed by atoms with E-state index >= 15 is 0 Å². The minimum atomic E-state index is -0.559. The molecule has 0 radical (unpaired) electrons. The first-order valence-corrected chi connectivity index (χ1v) is 8.04. The van der Waals surface area contributed by atoms with Crippen molar-refractivity contribution >= 4 is 27.5 Å². The Labute approximate surface area is 135 Å². The second-order valence-electron chi connectivity index (χ2n) is 6.05. The maximum absolute atomic E-state index is 12.5. The lowest BCUT2D eigenvalue weighted by atomic mass is 10.2. The predicted molar refractivity (Wildman–Crippen MR) is 82.9 cm³/mol. The van der Waals surface area contributed by atoms with Crippen LogP contribution < -0.4 is 15.4 Å². The monoisotopic (exact) mass is 369 g/mol. The molecular weight excluding hydrogens is 352 g/mol. The van der Waals surface area contributed by atoms with Crippen LogP contribution in [0.4, 0.5) is 0 Å². The minimum Gasteiger partial charge on any atom is -0.477 e. The van der Waals surface area contributed by atoms with E-state index in [4.69, 9.17) is 0 Å². The molecule has 0 spiro atoms. The Morgan fingerprint density at radius 1 is 1.59 bits per heavy atom. The molecular formula is C14H18BrN4O3+. The van der Waals surface area contributed by atoms with Gasteiger partial charge in [-0.25, -0.2) is 9.89 Å². The molecule has 1 fully saturated rings. The molecule has 2 aromatic heterocycles. The highest BCUT2D eigenvalue weighted by Crippen LogP contribution is 2.20. The van der Waals surface area contributed by atoms with Gasteiger partial charge in [0, 0.05) is 6.04 Å². The van der Waals surface area contributed by atoms with Crippen LogP contribution >= 0.6 is 15.9 Å². The van der Waals surface area contributed by atoms with Crippen molar-refractivity contribution in [3.05, 3.63) is 26.6 Å². The molecule has 0 aliphatic heterocycles. The van der Waals surface area contributed by atoms with Crippen LogP contribution in [0.3, 0.4) is 0 Å². The first kappa shape index (κ1) is 15.1. The number of carbonyl (C=O) groups excluding carboxylic acids is 1. The molecule has 8 heteroatoms. The van der Waals surface area contributed by atoms with Crippen LogP contribution in [-0.2, 0) is 6.54 Å². The van der Waals surface area contributed by atoms with Gasteiger partial charge in [-0.2, -0.15) is 4.57 Å². The molecule has 22 heavy (non-hydrogen) atoms. The highest BCUT2D eigenvalue weighted by Gasteiger charge is 2.33. The number of rotatable bonds is 4. The maximum Gasteiger partial charge on any atom is 0.378 e. The zero-order valence-electron chi connectivity index (χ0n) is 12.4. The average molecular weight is 370 g/mol. The van der Waals surface area contributed by atoms with Crippen LogP contribution in [0.25, 0.3) is 5.65 Å². The number of aromatic amines is 1. The minimum absolute atomic E-state index is 0.112. The normalized spacial score (nSPS) is 14.7. The van der Waals surface area contributed by atoms with E-state index in [9.17, 15) is 14.7 Å². The van der Waals surface area contributed by atoms with E-state index in [-0.39, 0.29) is 23.4 Å². The Balaban J connectivity index is 2.21. The topological polar surface area (TPSA) is 90.5 Å². The first-order chi connectivity index (χ1) is 10.4. The number of halogens is 1. The van der Waals surface area contributed by atoms with Crippen molar-refractivity contribution in [2.24, 2.45) is 5.92 Å². The van der Waals surface area contributed by atoms with Crippen molar-refractivity contribution in [3.8, 4) is 5.88 Å².